The van der Waals surface area contributed by atoms with Crippen LogP contribution in [0.25, 0.3) is 0 Å². The SMILES string of the molecule is CCCc1ccc(C(CN)Cc2ccccc2)cc1. The normalized spacial score (nSPS) is 12.3. The number of rotatable bonds is 6. The standard InChI is InChI=1S/C18H23N/c1-2-6-15-9-11-17(12-10-15)18(14-19)13-16-7-4-3-5-8-16/h3-5,7-12,18H,2,6,13-14,19H2,1H3. The Labute approximate surface area is 116 Å². The molecule has 2 rings (SSSR count). The van der Waals surface area contributed by atoms with Gasteiger partial charge in [-0.1, -0.05) is 67.9 Å². The summed E-state index contributed by atoms with van der Waals surface area (Å²) in [5.74, 6) is 0.415. The van der Waals surface area contributed by atoms with Gasteiger partial charge in [0.05, 0.1) is 0 Å². The van der Waals surface area contributed by atoms with Gasteiger partial charge in [-0.25, -0.2) is 0 Å². The van der Waals surface area contributed by atoms with Gasteiger partial charge in [0.25, 0.3) is 0 Å². The van der Waals surface area contributed by atoms with E-state index < -0.39 is 0 Å². The molecule has 0 amide bonds. The third-order valence-electron chi connectivity index (χ3n) is 3.60. The molecule has 0 aliphatic rings. The summed E-state index contributed by atoms with van der Waals surface area (Å²) in [6.07, 6.45) is 3.38. The lowest BCUT2D eigenvalue weighted by Gasteiger charge is -2.16. The quantitative estimate of drug-likeness (QED) is 0.829. The van der Waals surface area contributed by atoms with Crippen molar-refractivity contribution in [1.29, 1.82) is 0 Å². The van der Waals surface area contributed by atoms with Gasteiger partial charge in [0.2, 0.25) is 0 Å². The minimum atomic E-state index is 0.415. The van der Waals surface area contributed by atoms with Gasteiger partial charge < -0.3 is 5.73 Å². The van der Waals surface area contributed by atoms with Crippen molar-refractivity contribution in [2.45, 2.75) is 32.1 Å². The van der Waals surface area contributed by atoms with Gasteiger partial charge in [0.1, 0.15) is 0 Å². The first-order valence-corrected chi connectivity index (χ1v) is 7.16. The van der Waals surface area contributed by atoms with Crippen LogP contribution in [0.4, 0.5) is 0 Å². The van der Waals surface area contributed by atoms with E-state index >= 15 is 0 Å². The van der Waals surface area contributed by atoms with Crippen LogP contribution < -0.4 is 5.73 Å². The fourth-order valence-corrected chi connectivity index (χ4v) is 2.48. The lowest BCUT2D eigenvalue weighted by molar-refractivity contribution is 0.694. The second-order valence-corrected chi connectivity index (χ2v) is 5.11. The molecule has 0 aliphatic carbocycles. The third kappa shape index (κ3) is 3.93. The number of hydrogen-bond donors (Lipinski definition) is 1. The molecule has 0 fully saturated rings. The molecule has 0 saturated heterocycles. The molecule has 0 radical (unpaired) electrons. The van der Waals surface area contributed by atoms with Crippen molar-refractivity contribution in [3.05, 3.63) is 71.3 Å². The lowest BCUT2D eigenvalue weighted by Crippen LogP contribution is -2.15. The summed E-state index contributed by atoms with van der Waals surface area (Å²) in [5.41, 5.74) is 10.1. The minimum Gasteiger partial charge on any atom is -0.330 e. The number of hydrogen-bond acceptors (Lipinski definition) is 1. The summed E-state index contributed by atoms with van der Waals surface area (Å²) in [6, 6.07) is 19.6. The molecule has 1 unspecified atom stereocenters. The van der Waals surface area contributed by atoms with Crippen LogP contribution in [-0.2, 0) is 12.8 Å². The highest BCUT2D eigenvalue weighted by molar-refractivity contribution is 5.28. The predicted molar refractivity (Wildman–Crippen MR) is 82.4 cm³/mol. The van der Waals surface area contributed by atoms with Crippen molar-refractivity contribution < 1.29 is 0 Å². The van der Waals surface area contributed by atoms with E-state index in [0.717, 1.165) is 12.8 Å². The minimum absolute atomic E-state index is 0.415. The lowest BCUT2D eigenvalue weighted by atomic mass is 9.91. The number of nitrogens with two attached hydrogens (primary N) is 1. The van der Waals surface area contributed by atoms with Gasteiger partial charge in [-0.15, -0.1) is 0 Å². The maximum atomic E-state index is 5.95. The average Bonchev–Trinajstić information content (AvgIpc) is 2.47. The maximum absolute atomic E-state index is 5.95. The smallest absolute Gasteiger partial charge is 0.000157 e. The molecule has 0 bridgehead atoms. The Balaban J connectivity index is 2.08. The molecule has 2 aromatic carbocycles. The number of aryl methyl sites for hydroxylation is 1. The second-order valence-electron chi connectivity index (χ2n) is 5.11. The molecular formula is C18H23N. The molecule has 1 atom stereocenters. The second kappa shape index (κ2) is 7.10. The van der Waals surface area contributed by atoms with Crippen LogP contribution in [0.2, 0.25) is 0 Å². The van der Waals surface area contributed by atoms with Crippen molar-refractivity contribution in [2.24, 2.45) is 5.73 Å². The first-order chi connectivity index (χ1) is 9.33. The Kier molecular flexibility index (Phi) is 5.17. The van der Waals surface area contributed by atoms with E-state index in [2.05, 4.69) is 61.5 Å². The summed E-state index contributed by atoms with van der Waals surface area (Å²) in [5, 5.41) is 0. The van der Waals surface area contributed by atoms with Gasteiger partial charge in [-0.2, -0.15) is 0 Å². The highest BCUT2D eigenvalue weighted by Gasteiger charge is 2.10. The molecule has 0 aliphatic heterocycles. The topological polar surface area (TPSA) is 26.0 Å². The van der Waals surface area contributed by atoms with Gasteiger partial charge in [-0.3, -0.25) is 0 Å². The zero-order valence-electron chi connectivity index (χ0n) is 11.7. The van der Waals surface area contributed by atoms with Crippen molar-refractivity contribution in [2.75, 3.05) is 6.54 Å². The third-order valence-corrected chi connectivity index (χ3v) is 3.60. The van der Waals surface area contributed by atoms with E-state index in [4.69, 9.17) is 5.73 Å². The molecule has 2 aromatic rings. The molecule has 0 saturated carbocycles. The predicted octanol–water partition coefficient (Wildman–Crippen LogP) is 3.92. The summed E-state index contributed by atoms with van der Waals surface area (Å²) in [4.78, 5) is 0. The Morgan fingerprint density at radius 2 is 1.58 bits per heavy atom. The summed E-state index contributed by atoms with van der Waals surface area (Å²) in [6.45, 7) is 2.91. The maximum Gasteiger partial charge on any atom is 0.000157 e. The van der Waals surface area contributed by atoms with E-state index in [1.165, 1.54) is 23.1 Å². The van der Waals surface area contributed by atoms with Crippen LogP contribution in [-0.4, -0.2) is 6.54 Å². The van der Waals surface area contributed by atoms with Crippen LogP contribution in [0.15, 0.2) is 54.6 Å². The summed E-state index contributed by atoms with van der Waals surface area (Å²) < 4.78 is 0. The first-order valence-electron chi connectivity index (χ1n) is 7.16. The first kappa shape index (κ1) is 13.8. The van der Waals surface area contributed by atoms with E-state index in [-0.39, 0.29) is 0 Å². The molecule has 1 nitrogen and oxygen atoms in total. The van der Waals surface area contributed by atoms with Crippen molar-refractivity contribution in [1.82, 2.24) is 0 Å². The average molecular weight is 253 g/mol. The largest absolute Gasteiger partial charge is 0.330 e. The molecule has 0 heterocycles. The zero-order valence-corrected chi connectivity index (χ0v) is 11.7. The van der Waals surface area contributed by atoms with Crippen molar-refractivity contribution >= 4 is 0 Å². The number of benzene rings is 2. The highest BCUT2D eigenvalue weighted by Crippen LogP contribution is 2.20. The van der Waals surface area contributed by atoms with Gasteiger partial charge >= 0.3 is 0 Å². The fraction of sp³-hybridized carbons (Fsp3) is 0.333. The van der Waals surface area contributed by atoms with Crippen LogP contribution in [0, 0.1) is 0 Å². The van der Waals surface area contributed by atoms with Crippen molar-refractivity contribution in [3.8, 4) is 0 Å². The van der Waals surface area contributed by atoms with E-state index in [1.54, 1.807) is 0 Å². The molecule has 1 heteroatoms. The van der Waals surface area contributed by atoms with Crippen LogP contribution in [0.1, 0.15) is 36.0 Å². The molecule has 19 heavy (non-hydrogen) atoms. The fourth-order valence-electron chi connectivity index (χ4n) is 2.48. The Morgan fingerprint density at radius 3 is 2.16 bits per heavy atom. The molecule has 0 spiro atoms. The Morgan fingerprint density at radius 1 is 0.895 bits per heavy atom. The molecule has 2 N–H and O–H groups in total. The zero-order chi connectivity index (χ0) is 13.5. The monoisotopic (exact) mass is 253 g/mol. The van der Waals surface area contributed by atoms with Crippen LogP contribution in [0.3, 0.4) is 0 Å². The van der Waals surface area contributed by atoms with Crippen molar-refractivity contribution in [3.63, 3.8) is 0 Å². The highest BCUT2D eigenvalue weighted by atomic mass is 14.5. The van der Waals surface area contributed by atoms with Gasteiger partial charge in [0.15, 0.2) is 0 Å². The molecular weight excluding hydrogens is 230 g/mol. The van der Waals surface area contributed by atoms with E-state index in [9.17, 15) is 0 Å². The Bertz CT molecular complexity index is 473. The van der Waals surface area contributed by atoms with Gasteiger partial charge in [-0.05, 0) is 36.1 Å². The molecule has 0 aromatic heterocycles. The summed E-state index contributed by atoms with van der Waals surface area (Å²) in [7, 11) is 0. The van der Waals surface area contributed by atoms with Gasteiger partial charge in [0, 0.05) is 5.92 Å². The summed E-state index contributed by atoms with van der Waals surface area (Å²) >= 11 is 0. The van der Waals surface area contributed by atoms with E-state index in [0.29, 0.717) is 12.5 Å². The van der Waals surface area contributed by atoms with Crippen LogP contribution >= 0.6 is 0 Å². The molecule has 100 valence electrons. The van der Waals surface area contributed by atoms with Crippen LogP contribution in [0.5, 0.6) is 0 Å². The Hall–Kier alpha value is -1.60. The van der Waals surface area contributed by atoms with E-state index in [1.807, 2.05) is 0 Å².